The molecule has 2 heterocycles. The maximum Gasteiger partial charge on any atom is 0.267 e. The zero-order valence-corrected chi connectivity index (χ0v) is 17.9. The van der Waals surface area contributed by atoms with Crippen LogP contribution in [0.4, 0.5) is 11.5 Å². The predicted molar refractivity (Wildman–Crippen MR) is 117 cm³/mol. The van der Waals surface area contributed by atoms with Gasteiger partial charge in [-0.15, -0.1) is 0 Å². The molecule has 1 aliphatic heterocycles. The Balaban J connectivity index is 1.61. The van der Waals surface area contributed by atoms with E-state index in [-0.39, 0.29) is 18.0 Å². The summed E-state index contributed by atoms with van der Waals surface area (Å²) in [6.45, 7) is 4.34. The minimum Gasteiger partial charge on any atom is -0.495 e. The quantitative estimate of drug-likeness (QED) is 0.663. The summed E-state index contributed by atoms with van der Waals surface area (Å²) in [5.41, 5.74) is 0.793. The Morgan fingerprint density at radius 3 is 2.50 bits per heavy atom. The molecule has 1 aliphatic rings. The van der Waals surface area contributed by atoms with Gasteiger partial charge in [0.25, 0.3) is 5.56 Å². The van der Waals surface area contributed by atoms with Gasteiger partial charge in [-0.05, 0) is 32.3 Å². The number of methoxy groups -OCH3 is 1. The fourth-order valence-electron chi connectivity index (χ4n) is 3.40. The first-order valence-electron chi connectivity index (χ1n) is 10.1. The van der Waals surface area contributed by atoms with Crippen molar-refractivity contribution < 1.29 is 9.53 Å². The standard InChI is InChI=1S/C21H30N6O3/c1-24(2)11-10-22-20(28)16-27-21(29)9-8-19(23-27)26-14-12-25(13-15-26)17-6-4-5-7-18(17)30-3/h4-9H,10-16H2,1-3H3,(H,22,28). The highest BCUT2D eigenvalue weighted by atomic mass is 16.5. The highest BCUT2D eigenvalue weighted by molar-refractivity contribution is 5.75. The average molecular weight is 415 g/mol. The smallest absolute Gasteiger partial charge is 0.267 e. The van der Waals surface area contributed by atoms with Crippen molar-refractivity contribution in [2.45, 2.75) is 6.54 Å². The number of para-hydroxylation sites is 2. The Bertz CT molecular complexity index is 906. The normalized spacial score (nSPS) is 14.1. The number of anilines is 2. The lowest BCUT2D eigenvalue weighted by Crippen LogP contribution is -2.47. The van der Waals surface area contributed by atoms with Crippen molar-refractivity contribution in [1.29, 1.82) is 0 Å². The van der Waals surface area contributed by atoms with Crippen molar-refractivity contribution in [3.8, 4) is 5.75 Å². The van der Waals surface area contributed by atoms with E-state index < -0.39 is 0 Å². The highest BCUT2D eigenvalue weighted by Gasteiger charge is 2.21. The maximum atomic E-state index is 12.2. The molecule has 1 aromatic carbocycles. The molecule has 1 fully saturated rings. The van der Waals surface area contributed by atoms with E-state index in [4.69, 9.17) is 4.74 Å². The van der Waals surface area contributed by atoms with Gasteiger partial charge < -0.3 is 24.8 Å². The number of carbonyl (C=O) groups excluding carboxylic acids is 1. The zero-order chi connectivity index (χ0) is 21.5. The van der Waals surface area contributed by atoms with Crippen LogP contribution in [0.3, 0.4) is 0 Å². The fraction of sp³-hybridized carbons (Fsp3) is 0.476. The third-order valence-corrected chi connectivity index (χ3v) is 5.06. The summed E-state index contributed by atoms with van der Waals surface area (Å²) in [6, 6.07) is 11.2. The van der Waals surface area contributed by atoms with Crippen molar-refractivity contribution in [1.82, 2.24) is 20.0 Å². The summed E-state index contributed by atoms with van der Waals surface area (Å²) < 4.78 is 6.70. The van der Waals surface area contributed by atoms with E-state index >= 15 is 0 Å². The lowest BCUT2D eigenvalue weighted by Gasteiger charge is -2.37. The van der Waals surface area contributed by atoms with Crippen LogP contribution in [0, 0.1) is 0 Å². The van der Waals surface area contributed by atoms with Crippen LogP contribution in [-0.2, 0) is 11.3 Å². The van der Waals surface area contributed by atoms with E-state index in [1.807, 2.05) is 37.2 Å². The molecule has 3 rings (SSSR count). The number of nitrogens with zero attached hydrogens (tertiary/aromatic N) is 5. The van der Waals surface area contributed by atoms with Crippen LogP contribution >= 0.6 is 0 Å². The Kier molecular flexibility index (Phi) is 7.29. The van der Waals surface area contributed by atoms with Gasteiger partial charge in [-0.2, -0.15) is 5.10 Å². The fourth-order valence-corrected chi connectivity index (χ4v) is 3.40. The minimum atomic E-state index is -0.283. The van der Waals surface area contributed by atoms with Gasteiger partial charge in [-0.1, -0.05) is 12.1 Å². The van der Waals surface area contributed by atoms with Crippen LogP contribution in [0.1, 0.15) is 0 Å². The third kappa shape index (κ3) is 5.50. The minimum absolute atomic E-state index is 0.0821. The molecule has 1 aromatic heterocycles. The first kappa shape index (κ1) is 21.6. The number of hydrogen-bond donors (Lipinski definition) is 1. The van der Waals surface area contributed by atoms with Gasteiger partial charge in [-0.25, -0.2) is 4.68 Å². The zero-order valence-electron chi connectivity index (χ0n) is 17.9. The number of ether oxygens (including phenoxy) is 1. The first-order chi connectivity index (χ1) is 14.5. The van der Waals surface area contributed by atoms with Gasteiger partial charge in [0.2, 0.25) is 5.91 Å². The molecule has 0 bridgehead atoms. The van der Waals surface area contributed by atoms with E-state index in [9.17, 15) is 9.59 Å². The van der Waals surface area contributed by atoms with Crippen LogP contribution in [0.5, 0.6) is 5.75 Å². The molecule has 1 amide bonds. The van der Waals surface area contributed by atoms with Crippen LogP contribution < -0.4 is 25.4 Å². The van der Waals surface area contributed by atoms with Crippen molar-refractivity contribution in [3.63, 3.8) is 0 Å². The first-order valence-corrected chi connectivity index (χ1v) is 10.1. The molecule has 9 nitrogen and oxygen atoms in total. The maximum absolute atomic E-state index is 12.2. The van der Waals surface area contributed by atoms with Crippen LogP contribution in [-0.4, -0.2) is 81.1 Å². The second kappa shape index (κ2) is 10.1. The molecule has 162 valence electrons. The number of aromatic nitrogens is 2. The summed E-state index contributed by atoms with van der Waals surface area (Å²) >= 11 is 0. The number of nitrogens with one attached hydrogen (secondary N) is 1. The van der Waals surface area contributed by atoms with E-state index in [0.29, 0.717) is 12.4 Å². The van der Waals surface area contributed by atoms with Gasteiger partial charge in [0.05, 0.1) is 12.8 Å². The number of hydrogen-bond acceptors (Lipinski definition) is 7. The molecule has 9 heteroatoms. The number of rotatable bonds is 8. The van der Waals surface area contributed by atoms with E-state index in [1.165, 1.54) is 10.7 Å². The van der Waals surface area contributed by atoms with Gasteiger partial charge in [0.1, 0.15) is 18.1 Å². The molecule has 0 aliphatic carbocycles. The summed E-state index contributed by atoms with van der Waals surface area (Å²) in [5.74, 6) is 1.35. The number of amides is 1. The molecular formula is C21H30N6O3. The number of likely N-dealkylation sites (N-methyl/N-ethyl adjacent to an activating group) is 1. The molecule has 1 N–H and O–H groups in total. The number of carbonyl (C=O) groups is 1. The SMILES string of the molecule is COc1ccccc1N1CCN(c2ccc(=O)n(CC(=O)NCCN(C)C)n2)CC1. The van der Waals surface area contributed by atoms with Crippen LogP contribution in [0.15, 0.2) is 41.2 Å². The largest absolute Gasteiger partial charge is 0.495 e. The molecule has 30 heavy (non-hydrogen) atoms. The monoisotopic (exact) mass is 414 g/mol. The summed E-state index contributed by atoms with van der Waals surface area (Å²) in [5, 5.41) is 7.24. The summed E-state index contributed by atoms with van der Waals surface area (Å²) in [7, 11) is 5.56. The molecule has 0 unspecified atom stereocenters. The van der Waals surface area contributed by atoms with Gasteiger partial charge >= 0.3 is 0 Å². The second-order valence-corrected chi connectivity index (χ2v) is 7.49. The van der Waals surface area contributed by atoms with Gasteiger partial charge in [0, 0.05) is 45.3 Å². The Labute approximate surface area is 176 Å². The number of benzene rings is 1. The predicted octanol–water partition coefficient (Wildman–Crippen LogP) is 0.256. The lowest BCUT2D eigenvalue weighted by atomic mass is 10.2. The van der Waals surface area contributed by atoms with Crippen LogP contribution in [0.2, 0.25) is 0 Å². The third-order valence-electron chi connectivity index (χ3n) is 5.06. The molecule has 0 radical (unpaired) electrons. The molecule has 0 spiro atoms. The second-order valence-electron chi connectivity index (χ2n) is 7.49. The topological polar surface area (TPSA) is 82.9 Å². The van der Waals surface area contributed by atoms with Crippen molar-refractivity contribution >= 4 is 17.4 Å². The molecular weight excluding hydrogens is 384 g/mol. The molecule has 2 aromatic rings. The lowest BCUT2D eigenvalue weighted by molar-refractivity contribution is -0.121. The Hall–Kier alpha value is -3.07. The summed E-state index contributed by atoms with van der Waals surface area (Å²) in [6.07, 6.45) is 0. The van der Waals surface area contributed by atoms with Crippen molar-refractivity contribution in [2.24, 2.45) is 0 Å². The molecule has 1 saturated heterocycles. The van der Waals surface area contributed by atoms with Crippen LogP contribution in [0.25, 0.3) is 0 Å². The number of piperazine rings is 1. The van der Waals surface area contributed by atoms with Gasteiger partial charge in [0.15, 0.2) is 0 Å². The summed E-state index contributed by atoms with van der Waals surface area (Å²) in [4.78, 5) is 30.7. The average Bonchev–Trinajstić information content (AvgIpc) is 2.75. The Morgan fingerprint density at radius 1 is 1.10 bits per heavy atom. The van der Waals surface area contributed by atoms with Gasteiger partial charge in [-0.3, -0.25) is 9.59 Å². The van der Waals surface area contributed by atoms with Crippen molar-refractivity contribution in [3.05, 3.63) is 46.8 Å². The highest BCUT2D eigenvalue weighted by Crippen LogP contribution is 2.28. The molecule has 0 atom stereocenters. The Morgan fingerprint density at radius 2 is 1.80 bits per heavy atom. The van der Waals surface area contributed by atoms with Crippen molar-refractivity contribution in [2.75, 3.05) is 70.3 Å². The van der Waals surface area contributed by atoms with E-state index in [2.05, 4.69) is 26.3 Å². The van der Waals surface area contributed by atoms with E-state index in [0.717, 1.165) is 44.2 Å². The van der Waals surface area contributed by atoms with E-state index in [1.54, 1.807) is 13.2 Å². The molecule has 0 saturated carbocycles.